The van der Waals surface area contributed by atoms with Crippen LogP contribution >= 0.6 is 11.8 Å². The van der Waals surface area contributed by atoms with Gasteiger partial charge in [0.15, 0.2) is 22.6 Å². The fourth-order valence-corrected chi connectivity index (χ4v) is 4.15. The van der Waals surface area contributed by atoms with E-state index in [0.29, 0.717) is 22.4 Å². The molecule has 4 rings (SSSR count). The first-order valence-corrected chi connectivity index (χ1v) is 10.1. The molecule has 0 spiro atoms. The second-order valence-electron chi connectivity index (χ2n) is 6.88. The fourth-order valence-electron chi connectivity index (χ4n) is 3.36. The van der Waals surface area contributed by atoms with E-state index < -0.39 is 0 Å². The standard InChI is InChI=1S/C20H21N5O3S/c1-11-8-16(13(3)25(11)18-9-12(2)28-23-18)17(26)10-29-20-22-21-19(24(20)5)15-6-7-27-14(15)4/h6-9H,10H2,1-5H3. The molecule has 8 nitrogen and oxygen atoms in total. The number of nitrogens with zero attached hydrogens (tertiary/aromatic N) is 5. The number of hydrogen-bond acceptors (Lipinski definition) is 7. The number of aryl methyl sites for hydroxylation is 3. The zero-order valence-corrected chi connectivity index (χ0v) is 17.7. The first kappa shape index (κ1) is 19.3. The van der Waals surface area contributed by atoms with E-state index in [1.165, 1.54) is 11.8 Å². The van der Waals surface area contributed by atoms with Crippen LogP contribution in [0.5, 0.6) is 0 Å². The van der Waals surface area contributed by atoms with E-state index in [4.69, 9.17) is 8.94 Å². The van der Waals surface area contributed by atoms with Crippen molar-refractivity contribution in [1.82, 2.24) is 24.5 Å². The molecule has 0 radical (unpaired) electrons. The first-order chi connectivity index (χ1) is 13.9. The van der Waals surface area contributed by atoms with E-state index in [-0.39, 0.29) is 11.5 Å². The third-order valence-electron chi connectivity index (χ3n) is 4.84. The Morgan fingerprint density at radius 2 is 1.97 bits per heavy atom. The van der Waals surface area contributed by atoms with Gasteiger partial charge < -0.3 is 13.5 Å². The summed E-state index contributed by atoms with van der Waals surface area (Å²) in [4.78, 5) is 12.9. The molecule has 0 saturated heterocycles. The van der Waals surface area contributed by atoms with Crippen LogP contribution in [0.25, 0.3) is 17.2 Å². The summed E-state index contributed by atoms with van der Waals surface area (Å²) in [6.45, 7) is 7.58. The van der Waals surface area contributed by atoms with E-state index in [1.807, 2.05) is 62.1 Å². The van der Waals surface area contributed by atoms with Gasteiger partial charge in [0.05, 0.1) is 17.6 Å². The number of carbonyl (C=O) groups excluding carboxylic acids is 1. The van der Waals surface area contributed by atoms with Gasteiger partial charge in [-0.1, -0.05) is 16.9 Å². The van der Waals surface area contributed by atoms with Crippen LogP contribution in [-0.2, 0) is 7.05 Å². The molecule has 0 bridgehead atoms. The molecular formula is C20H21N5O3S. The topological polar surface area (TPSA) is 91.9 Å². The summed E-state index contributed by atoms with van der Waals surface area (Å²) in [5.74, 6) is 3.19. The average Bonchev–Trinajstić information content (AvgIpc) is 3.43. The van der Waals surface area contributed by atoms with Crippen LogP contribution in [0.1, 0.15) is 33.3 Å². The average molecular weight is 411 g/mol. The Kier molecular flexibility index (Phi) is 4.91. The van der Waals surface area contributed by atoms with Crippen LogP contribution in [0.4, 0.5) is 0 Å². The van der Waals surface area contributed by atoms with Crippen LogP contribution in [-0.4, -0.2) is 36.0 Å². The highest BCUT2D eigenvalue weighted by molar-refractivity contribution is 7.99. The maximum atomic E-state index is 12.9. The molecule has 0 aliphatic carbocycles. The summed E-state index contributed by atoms with van der Waals surface area (Å²) >= 11 is 1.36. The highest BCUT2D eigenvalue weighted by atomic mass is 32.2. The summed E-state index contributed by atoms with van der Waals surface area (Å²) < 4.78 is 14.3. The smallest absolute Gasteiger partial charge is 0.191 e. The van der Waals surface area contributed by atoms with Crippen molar-refractivity contribution < 1.29 is 13.7 Å². The van der Waals surface area contributed by atoms with Gasteiger partial charge in [0.1, 0.15) is 11.5 Å². The minimum atomic E-state index is 0.0265. The van der Waals surface area contributed by atoms with Gasteiger partial charge in [0, 0.05) is 30.1 Å². The predicted octanol–water partition coefficient (Wildman–Crippen LogP) is 4.06. The molecule has 0 N–H and O–H groups in total. The van der Waals surface area contributed by atoms with Crippen molar-refractivity contribution in [3.8, 4) is 17.2 Å². The molecule has 9 heteroatoms. The van der Waals surface area contributed by atoms with Crippen LogP contribution in [0, 0.1) is 27.7 Å². The summed E-state index contributed by atoms with van der Waals surface area (Å²) in [7, 11) is 1.88. The second kappa shape index (κ2) is 7.40. The number of hydrogen-bond donors (Lipinski definition) is 0. The van der Waals surface area contributed by atoms with Gasteiger partial charge in [0.2, 0.25) is 0 Å². The predicted molar refractivity (Wildman–Crippen MR) is 109 cm³/mol. The molecule has 4 heterocycles. The number of furan rings is 1. The Balaban J connectivity index is 1.53. The van der Waals surface area contributed by atoms with Gasteiger partial charge in [-0.15, -0.1) is 10.2 Å². The number of Topliss-reactive ketones (excluding diaryl/α,β-unsaturated/α-hetero) is 1. The highest BCUT2D eigenvalue weighted by Gasteiger charge is 2.20. The molecular weight excluding hydrogens is 390 g/mol. The Hall–Kier alpha value is -3.07. The number of rotatable bonds is 6. The van der Waals surface area contributed by atoms with Crippen molar-refractivity contribution in [2.45, 2.75) is 32.9 Å². The zero-order chi connectivity index (χ0) is 20.7. The molecule has 0 saturated carbocycles. The lowest BCUT2D eigenvalue weighted by molar-refractivity contribution is 0.102. The van der Waals surface area contributed by atoms with E-state index in [9.17, 15) is 4.79 Å². The highest BCUT2D eigenvalue weighted by Crippen LogP contribution is 2.27. The van der Waals surface area contributed by atoms with Crippen LogP contribution in [0.15, 0.2) is 38.6 Å². The lowest BCUT2D eigenvalue weighted by Gasteiger charge is -2.05. The Morgan fingerprint density at radius 3 is 2.62 bits per heavy atom. The molecule has 0 aliphatic rings. The minimum absolute atomic E-state index is 0.0265. The first-order valence-electron chi connectivity index (χ1n) is 9.09. The lowest BCUT2D eigenvalue weighted by atomic mass is 10.2. The maximum absolute atomic E-state index is 12.9. The van der Waals surface area contributed by atoms with Crippen molar-refractivity contribution in [2.24, 2.45) is 7.05 Å². The molecule has 0 aromatic carbocycles. The third kappa shape index (κ3) is 3.42. The molecule has 29 heavy (non-hydrogen) atoms. The summed E-state index contributed by atoms with van der Waals surface area (Å²) in [5, 5.41) is 13.2. The van der Waals surface area contributed by atoms with Gasteiger partial charge in [-0.05, 0) is 39.8 Å². The van der Waals surface area contributed by atoms with Crippen LogP contribution in [0.2, 0.25) is 0 Å². The normalized spacial score (nSPS) is 11.3. The number of thioether (sulfide) groups is 1. The maximum Gasteiger partial charge on any atom is 0.191 e. The molecule has 4 aromatic heterocycles. The summed E-state index contributed by atoms with van der Waals surface area (Å²) in [6, 6.07) is 5.60. The van der Waals surface area contributed by atoms with Gasteiger partial charge in [-0.2, -0.15) is 0 Å². The molecule has 150 valence electrons. The SMILES string of the molecule is Cc1cc(-n2c(C)cc(C(=O)CSc3nnc(-c4ccoc4C)n3C)c2C)no1. The third-order valence-corrected chi connectivity index (χ3v) is 5.86. The van der Waals surface area contributed by atoms with Crippen LogP contribution in [0.3, 0.4) is 0 Å². The summed E-state index contributed by atoms with van der Waals surface area (Å²) in [6.07, 6.45) is 1.63. The molecule has 0 unspecified atom stereocenters. The quantitative estimate of drug-likeness (QED) is 0.349. The molecule has 0 amide bonds. The van der Waals surface area contributed by atoms with Crippen molar-refractivity contribution in [1.29, 1.82) is 0 Å². The van der Waals surface area contributed by atoms with Crippen molar-refractivity contribution >= 4 is 17.5 Å². The molecule has 0 fully saturated rings. The van der Waals surface area contributed by atoms with Crippen molar-refractivity contribution in [3.05, 3.63) is 52.9 Å². The van der Waals surface area contributed by atoms with E-state index in [0.717, 1.165) is 28.5 Å². The van der Waals surface area contributed by atoms with E-state index >= 15 is 0 Å². The summed E-state index contributed by atoms with van der Waals surface area (Å²) in [5.41, 5.74) is 3.34. The number of aromatic nitrogens is 5. The molecule has 0 atom stereocenters. The second-order valence-corrected chi connectivity index (χ2v) is 7.83. The molecule has 4 aromatic rings. The van der Waals surface area contributed by atoms with Gasteiger partial charge >= 0.3 is 0 Å². The lowest BCUT2D eigenvalue weighted by Crippen LogP contribution is -2.06. The Labute approximate surface area is 171 Å². The molecule has 0 aliphatic heterocycles. The minimum Gasteiger partial charge on any atom is -0.469 e. The van der Waals surface area contributed by atoms with Gasteiger partial charge in [-0.3, -0.25) is 9.36 Å². The monoisotopic (exact) mass is 411 g/mol. The number of ketones is 1. The van der Waals surface area contributed by atoms with Crippen molar-refractivity contribution in [2.75, 3.05) is 5.75 Å². The van der Waals surface area contributed by atoms with E-state index in [1.54, 1.807) is 6.26 Å². The fraction of sp³-hybridized carbons (Fsp3) is 0.300. The zero-order valence-electron chi connectivity index (χ0n) is 16.9. The van der Waals surface area contributed by atoms with Gasteiger partial charge in [-0.25, -0.2) is 0 Å². The largest absolute Gasteiger partial charge is 0.469 e. The Morgan fingerprint density at radius 1 is 1.17 bits per heavy atom. The van der Waals surface area contributed by atoms with E-state index in [2.05, 4.69) is 15.4 Å². The Bertz CT molecular complexity index is 1200. The van der Waals surface area contributed by atoms with Gasteiger partial charge in [0.25, 0.3) is 0 Å². The van der Waals surface area contributed by atoms with Crippen LogP contribution < -0.4 is 0 Å². The van der Waals surface area contributed by atoms with Crippen molar-refractivity contribution in [3.63, 3.8) is 0 Å². The number of carbonyl (C=O) groups is 1.